The molecule has 0 aromatic rings. The molecule has 0 saturated heterocycles. The third kappa shape index (κ3) is 5.84. The van der Waals surface area contributed by atoms with E-state index >= 15 is 0 Å². The lowest BCUT2D eigenvalue weighted by Gasteiger charge is -2.39. The molecular formula is C16H34NO2Si. The van der Waals surface area contributed by atoms with Gasteiger partial charge in [-0.2, -0.15) is 0 Å². The molecule has 0 aromatic heterocycles. The molecule has 1 aliphatic rings. The lowest BCUT2D eigenvalue weighted by molar-refractivity contribution is -0.0437. The van der Waals surface area contributed by atoms with Gasteiger partial charge in [-0.05, 0) is 30.8 Å². The monoisotopic (exact) mass is 300 g/mol. The standard InChI is InChI=1S/C16H34NO2Si/c1-16(2,3)15(19-20(4)5)14(18)13(17)11-12-9-7-6-8-10-12/h12-15,18H,6-11,17H2,1-5H3/t13-,14-,15-/m0/s1. The van der Waals surface area contributed by atoms with Gasteiger partial charge in [0.15, 0.2) is 0 Å². The van der Waals surface area contributed by atoms with Gasteiger partial charge in [0.2, 0.25) is 9.04 Å². The zero-order chi connectivity index (χ0) is 15.3. The van der Waals surface area contributed by atoms with Crippen molar-refractivity contribution >= 4 is 9.04 Å². The van der Waals surface area contributed by atoms with Crippen molar-refractivity contribution in [2.75, 3.05) is 0 Å². The summed E-state index contributed by atoms with van der Waals surface area (Å²) >= 11 is 0. The van der Waals surface area contributed by atoms with Gasteiger partial charge in [-0.1, -0.05) is 52.9 Å². The van der Waals surface area contributed by atoms with E-state index in [-0.39, 0.29) is 17.6 Å². The predicted molar refractivity (Wildman–Crippen MR) is 87.0 cm³/mol. The Balaban J connectivity index is 2.60. The van der Waals surface area contributed by atoms with E-state index in [1.165, 1.54) is 32.1 Å². The minimum Gasteiger partial charge on any atom is -0.411 e. The molecule has 0 unspecified atom stereocenters. The van der Waals surface area contributed by atoms with Crippen LogP contribution >= 0.6 is 0 Å². The number of aliphatic hydroxyl groups excluding tert-OH is 1. The van der Waals surface area contributed by atoms with Crippen LogP contribution in [-0.4, -0.2) is 32.4 Å². The summed E-state index contributed by atoms with van der Waals surface area (Å²) in [5, 5.41) is 10.7. The van der Waals surface area contributed by atoms with Crippen molar-refractivity contribution < 1.29 is 9.53 Å². The van der Waals surface area contributed by atoms with Gasteiger partial charge in [0.1, 0.15) is 0 Å². The normalized spacial score (nSPS) is 22.8. The average Bonchev–Trinajstić information content (AvgIpc) is 2.34. The Morgan fingerprint density at radius 2 is 1.75 bits per heavy atom. The summed E-state index contributed by atoms with van der Waals surface area (Å²) < 4.78 is 6.06. The van der Waals surface area contributed by atoms with Gasteiger partial charge in [-0.15, -0.1) is 0 Å². The molecule has 1 saturated carbocycles. The molecule has 0 bridgehead atoms. The van der Waals surface area contributed by atoms with Crippen molar-refractivity contribution in [1.29, 1.82) is 0 Å². The molecule has 0 aromatic carbocycles. The topological polar surface area (TPSA) is 55.5 Å². The molecule has 20 heavy (non-hydrogen) atoms. The Kier molecular flexibility index (Phi) is 7.19. The van der Waals surface area contributed by atoms with Gasteiger partial charge < -0.3 is 15.3 Å². The van der Waals surface area contributed by atoms with Gasteiger partial charge in [-0.25, -0.2) is 0 Å². The Morgan fingerprint density at radius 3 is 2.20 bits per heavy atom. The predicted octanol–water partition coefficient (Wildman–Crippen LogP) is 3.33. The molecule has 1 aliphatic carbocycles. The van der Waals surface area contributed by atoms with E-state index in [4.69, 9.17) is 10.2 Å². The molecule has 1 rings (SSSR count). The molecule has 0 spiro atoms. The molecule has 4 heteroatoms. The third-order valence-electron chi connectivity index (χ3n) is 4.30. The van der Waals surface area contributed by atoms with Crippen LogP contribution in [0.5, 0.6) is 0 Å². The molecule has 119 valence electrons. The van der Waals surface area contributed by atoms with Crippen LogP contribution in [0.1, 0.15) is 59.3 Å². The van der Waals surface area contributed by atoms with Crippen LogP contribution in [0.15, 0.2) is 0 Å². The Labute approximate surface area is 127 Å². The van der Waals surface area contributed by atoms with Crippen LogP contribution in [0.3, 0.4) is 0 Å². The van der Waals surface area contributed by atoms with Crippen molar-refractivity contribution in [3.05, 3.63) is 0 Å². The molecule has 0 heterocycles. The molecule has 3 nitrogen and oxygen atoms in total. The van der Waals surface area contributed by atoms with Crippen molar-refractivity contribution in [3.8, 4) is 0 Å². The smallest absolute Gasteiger partial charge is 0.205 e. The van der Waals surface area contributed by atoms with Gasteiger partial charge in [-0.3, -0.25) is 0 Å². The highest BCUT2D eigenvalue weighted by atomic mass is 28.3. The van der Waals surface area contributed by atoms with Crippen LogP contribution < -0.4 is 5.73 Å². The minimum absolute atomic E-state index is 0.0778. The van der Waals surface area contributed by atoms with Gasteiger partial charge in [0.25, 0.3) is 0 Å². The zero-order valence-corrected chi connectivity index (χ0v) is 15.0. The first-order chi connectivity index (χ1) is 9.21. The van der Waals surface area contributed by atoms with E-state index in [9.17, 15) is 5.11 Å². The highest BCUT2D eigenvalue weighted by Gasteiger charge is 2.36. The average molecular weight is 301 g/mol. The quantitative estimate of drug-likeness (QED) is 0.740. The van der Waals surface area contributed by atoms with Crippen molar-refractivity contribution in [1.82, 2.24) is 0 Å². The van der Waals surface area contributed by atoms with E-state index in [1.54, 1.807) is 0 Å². The second kappa shape index (κ2) is 7.92. The summed E-state index contributed by atoms with van der Waals surface area (Å²) in [5.41, 5.74) is 6.22. The maximum atomic E-state index is 10.7. The first-order valence-electron chi connectivity index (χ1n) is 8.12. The first-order valence-corrected chi connectivity index (χ1v) is 10.5. The molecule has 0 amide bonds. The Morgan fingerprint density at radius 1 is 1.20 bits per heavy atom. The van der Waals surface area contributed by atoms with Crippen LogP contribution in [-0.2, 0) is 4.43 Å². The number of nitrogens with two attached hydrogens (primary N) is 1. The molecule has 1 fully saturated rings. The number of rotatable bonds is 6. The number of hydrogen-bond donors (Lipinski definition) is 2. The van der Waals surface area contributed by atoms with E-state index in [0.29, 0.717) is 5.92 Å². The van der Waals surface area contributed by atoms with Crippen LogP contribution in [0.2, 0.25) is 13.1 Å². The van der Waals surface area contributed by atoms with Crippen LogP contribution in [0.25, 0.3) is 0 Å². The fourth-order valence-corrected chi connectivity index (χ4v) is 4.19. The Bertz CT molecular complexity index is 272. The van der Waals surface area contributed by atoms with Crippen molar-refractivity contribution in [2.24, 2.45) is 17.1 Å². The molecule has 3 atom stereocenters. The van der Waals surface area contributed by atoms with E-state index in [1.807, 2.05) is 0 Å². The molecular weight excluding hydrogens is 266 g/mol. The minimum atomic E-state index is -0.841. The summed E-state index contributed by atoms with van der Waals surface area (Å²) in [5.74, 6) is 0.696. The van der Waals surface area contributed by atoms with E-state index < -0.39 is 15.1 Å². The second-order valence-corrected chi connectivity index (χ2v) is 9.76. The Hall–Kier alpha value is 0.0969. The van der Waals surface area contributed by atoms with E-state index in [2.05, 4.69) is 33.9 Å². The van der Waals surface area contributed by atoms with Crippen molar-refractivity contribution in [2.45, 2.75) is 90.6 Å². The van der Waals surface area contributed by atoms with E-state index in [0.717, 1.165) is 6.42 Å². The molecule has 0 aliphatic heterocycles. The SMILES string of the molecule is C[Si](C)O[C@@H]([C@@H](O)[C@@H](N)CC1CCCCC1)C(C)(C)C. The van der Waals surface area contributed by atoms with Crippen LogP contribution in [0, 0.1) is 11.3 Å². The molecule has 3 N–H and O–H groups in total. The number of aliphatic hydroxyl groups is 1. The highest BCUT2D eigenvalue weighted by molar-refractivity contribution is 6.48. The zero-order valence-electron chi connectivity index (χ0n) is 14.0. The maximum Gasteiger partial charge on any atom is 0.205 e. The summed E-state index contributed by atoms with van der Waals surface area (Å²) in [4.78, 5) is 0. The summed E-state index contributed by atoms with van der Waals surface area (Å²) in [6.45, 7) is 10.6. The molecule has 1 radical (unpaired) electrons. The third-order valence-corrected chi connectivity index (χ3v) is 5.02. The first kappa shape index (κ1) is 18.1. The lowest BCUT2D eigenvalue weighted by Crippen LogP contribution is -2.51. The van der Waals surface area contributed by atoms with Gasteiger partial charge in [0.05, 0.1) is 12.2 Å². The fourth-order valence-electron chi connectivity index (χ4n) is 3.18. The lowest BCUT2D eigenvalue weighted by atomic mass is 9.79. The summed E-state index contributed by atoms with van der Waals surface area (Å²) in [6, 6.07) is -0.163. The van der Waals surface area contributed by atoms with Gasteiger partial charge in [0, 0.05) is 6.04 Å². The van der Waals surface area contributed by atoms with Crippen LogP contribution in [0.4, 0.5) is 0 Å². The van der Waals surface area contributed by atoms with Crippen molar-refractivity contribution in [3.63, 3.8) is 0 Å². The highest BCUT2D eigenvalue weighted by Crippen LogP contribution is 2.31. The van der Waals surface area contributed by atoms with Gasteiger partial charge >= 0.3 is 0 Å². The number of hydrogen-bond acceptors (Lipinski definition) is 3. The summed E-state index contributed by atoms with van der Waals surface area (Å²) in [6.07, 6.45) is 6.78. The maximum absolute atomic E-state index is 10.7. The second-order valence-electron chi connectivity index (χ2n) is 7.71. The summed E-state index contributed by atoms with van der Waals surface area (Å²) in [7, 11) is -0.841. The fraction of sp³-hybridized carbons (Fsp3) is 1.00. The largest absolute Gasteiger partial charge is 0.411 e.